The maximum Gasteiger partial charge on any atom is 0.321 e. The molecule has 0 amide bonds. The number of rotatable bonds is 2. The van der Waals surface area contributed by atoms with Crippen LogP contribution in [0, 0.1) is 5.92 Å². The van der Waals surface area contributed by atoms with Gasteiger partial charge in [-0.15, -0.1) is 0 Å². The van der Waals surface area contributed by atoms with Gasteiger partial charge in [0, 0.05) is 5.92 Å². The molecule has 4 heteroatoms. The second-order valence-electron chi connectivity index (χ2n) is 2.83. The highest BCUT2D eigenvalue weighted by molar-refractivity contribution is 5.74. The van der Waals surface area contributed by atoms with Crippen molar-refractivity contribution in [1.29, 1.82) is 0 Å². The van der Waals surface area contributed by atoms with Gasteiger partial charge in [-0.05, 0) is 19.4 Å². The lowest BCUT2D eigenvalue weighted by molar-refractivity contribution is -0.141. The SMILES string of the molecule is O=C(O)C1NCCCC1CF. The number of hydrogen-bond acceptors (Lipinski definition) is 2. The van der Waals surface area contributed by atoms with E-state index in [9.17, 15) is 9.18 Å². The second-order valence-corrected chi connectivity index (χ2v) is 2.83. The summed E-state index contributed by atoms with van der Waals surface area (Å²) in [5.74, 6) is -1.27. The predicted molar refractivity (Wildman–Crippen MR) is 38.1 cm³/mol. The van der Waals surface area contributed by atoms with Crippen LogP contribution in [0.4, 0.5) is 4.39 Å². The fraction of sp³-hybridized carbons (Fsp3) is 0.857. The van der Waals surface area contributed by atoms with Gasteiger partial charge in [-0.25, -0.2) is 0 Å². The highest BCUT2D eigenvalue weighted by atomic mass is 19.1. The molecule has 0 aromatic carbocycles. The van der Waals surface area contributed by atoms with Gasteiger partial charge in [-0.1, -0.05) is 0 Å². The number of piperidine rings is 1. The normalized spacial score (nSPS) is 31.7. The number of carboxylic acid groups (broad SMARTS) is 1. The summed E-state index contributed by atoms with van der Waals surface area (Å²) in [6, 6.07) is -0.672. The van der Waals surface area contributed by atoms with Gasteiger partial charge in [0.25, 0.3) is 0 Å². The summed E-state index contributed by atoms with van der Waals surface area (Å²) in [6.45, 7) is 0.150. The molecule has 1 aliphatic rings. The minimum atomic E-state index is -0.938. The first-order chi connectivity index (χ1) is 5.25. The largest absolute Gasteiger partial charge is 0.480 e. The maximum atomic E-state index is 12.2. The highest BCUT2D eigenvalue weighted by Gasteiger charge is 2.29. The summed E-state index contributed by atoms with van der Waals surface area (Å²) < 4.78 is 12.2. The molecule has 2 N–H and O–H groups in total. The molecular formula is C7H12FNO2. The molecule has 1 fully saturated rings. The van der Waals surface area contributed by atoms with Crippen LogP contribution in [0.15, 0.2) is 0 Å². The summed E-state index contributed by atoms with van der Waals surface area (Å²) >= 11 is 0. The van der Waals surface area contributed by atoms with Crippen molar-refractivity contribution in [2.24, 2.45) is 5.92 Å². The molecule has 0 radical (unpaired) electrons. The zero-order chi connectivity index (χ0) is 8.27. The standard InChI is InChI=1S/C7H12FNO2/c8-4-5-2-1-3-9-6(5)7(10)11/h5-6,9H,1-4H2,(H,10,11). The molecule has 1 saturated heterocycles. The lowest BCUT2D eigenvalue weighted by atomic mass is 9.92. The van der Waals surface area contributed by atoms with E-state index in [1.54, 1.807) is 0 Å². The van der Waals surface area contributed by atoms with Gasteiger partial charge in [0.1, 0.15) is 6.04 Å². The van der Waals surface area contributed by atoms with Gasteiger partial charge in [0.05, 0.1) is 6.67 Å². The molecule has 0 saturated carbocycles. The quantitative estimate of drug-likeness (QED) is 0.616. The number of carbonyl (C=O) groups is 1. The predicted octanol–water partition coefficient (Wildman–Crippen LogP) is 0.409. The minimum Gasteiger partial charge on any atom is -0.480 e. The zero-order valence-electron chi connectivity index (χ0n) is 6.22. The first-order valence-corrected chi connectivity index (χ1v) is 3.78. The third kappa shape index (κ3) is 1.89. The minimum absolute atomic E-state index is 0.332. The van der Waals surface area contributed by atoms with E-state index in [-0.39, 0.29) is 5.92 Å². The van der Waals surface area contributed by atoms with Crippen molar-refractivity contribution >= 4 is 5.97 Å². The van der Waals surface area contributed by atoms with Crippen LogP contribution in [0.2, 0.25) is 0 Å². The molecule has 0 bridgehead atoms. The average Bonchev–Trinajstić information content (AvgIpc) is 2.04. The summed E-state index contributed by atoms with van der Waals surface area (Å²) in [5, 5.41) is 11.4. The number of alkyl halides is 1. The smallest absolute Gasteiger partial charge is 0.321 e. The molecule has 0 spiro atoms. The topological polar surface area (TPSA) is 49.3 Å². The van der Waals surface area contributed by atoms with E-state index in [1.165, 1.54) is 0 Å². The van der Waals surface area contributed by atoms with E-state index in [0.717, 1.165) is 6.42 Å². The fourth-order valence-electron chi connectivity index (χ4n) is 1.41. The third-order valence-electron chi connectivity index (χ3n) is 2.05. The van der Waals surface area contributed by atoms with Crippen LogP contribution >= 0.6 is 0 Å². The molecule has 2 unspecified atom stereocenters. The summed E-state index contributed by atoms with van der Waals surface area (Å²) in [6.07, 6.45) is 1.55. The van der Waals surface area contributed by atoms with Crippen LogP contribution in [0.5, 0.6) is 0 Å². The van der Waals surface area contributed by atoms with Crippen molar-refractivity contribution in [3.8, 4) is 0 Å². The lowest BCUT2D eigenvalue weighted by Crippen LogP contribution is -2.47. The van der Waals surface area contributed by atoms with E-state index in [2.05, 4.69) is 5.32 Å². The van der Waals surface area contributed by atoms with Gasteiger partial charge in [-0.3, -0.25) is 9.18 Å². The van der Waals surface area contributed by atoms with E-state index in [1.807, 2.05) is 0 Å². The zero-order valence-corrected chi connectivity index (χ0v) is 6.22. The number of aliphatic carboxylic acids is 1. The van der Waals surface area contributed by atoms with E-state index in [4.69, 9.17) is 5.11 Å². The molecule has 0 aromatic rings. The highest BCUT2D eigenvalue weighted by Crippen LogP contribution is 2.16. The van der Waals surface area contributed by atoms with Crippen LogP contribution in [-0.4, -0.2) is 30.3 Å². The lowest BCUT2D eigenvalue weighted by Gasteiger charge is -2.27. The maximum absolute atomic E-state index is 12.2. The van der Waals surface area contributed by atoms with Crippen LogP contribution in [0.3, 0.4) is 0 Å². The molecule has 0 aromatic heterocycles. The molecule has 1 aliphatic heterocycles. The monoisotopic (exact) mass is 161 g/mol. The Hall–Kier alpha value is -0.640. The Balaban J connectivity index is 2.51. The van der Waals surface area contributed by atoms with E-state index < -0.39 is 18.7 Å². The van der Waals surface area contributed by atoms with Crippen molar-refractivity contribution in [3.05, 3.63) is 0 Å². The molecule has 1 heterocycles. The molecule has 11 heavy (non-hydrogen) atoms. The fourth-order valence-corrected chi connectivity index (χ4v) is 1.41. The van der Waals surface area contributed by atoms with Crippen molar-refractivity contribution in [1.82, 2.24) is 5.32 Å². The van der Waals surface area contributed by atoms with Crippen molar-refractivity contribution in [2.45, 2.75) is 18.9 Å². The van der Waals surface area contributed by atoms with Gasteiger partial charge in [0.15, 0.2) is 0 Å². The van der Waals surface area contributed by atoms with Gasteiger partial charge < -0.3 is 10.4 Å². The Labute approximate surface area is 64.6 Å². The van der Waals surface area contributed by atoms with E-state index >= 15 is 0 Å². The van der Waals surface area contributed by atoms with Gasteiger partial charge in [0.2, 0.25) is 0 Å². The number of halogens is 1. The molecule has 3 nitrogen and oxygen atoms in total. The molecule has 64 valence electrons. The van der Waals surface area contributed by atoms with E-state index in [0.29, 0.717) is 13.0 Å². The summed E-state index contributed by atoms with van der Waals surface area (Å²) in [7, 11) is 0. The van der Waals surface area contributed by atoms with Crippen LogP contribution in [0.25, 0.3) is 0 Å². The van der Waals surface area contributed by atoms with Crippen molar-refractivity contribution in [2.75, 3.05) is 13.2 Å². The number of hydrogen-bond donors (Lipinski definition) is 2. The Morgan fingerprint density at radius 1 is 1.73 bits per heavy atom. The summed E-state index contributed by atoms with van der Waals surface area (Å²) in [5.41, 5.74) is 0. The number of carboxylic acids is 1. The van der Waals surface area contributed by atoms with Crippen LogP contribution in [0.1, 0.15) is 12.8 Å². The van der Waals surface area contributed by atoms with Crippen LogP contribution < -0.4 is 5.32 Å². The summed E-state index contributed by atoms with van der Waals surface area (Å²) in [4.78, 5) is 10.5. The van der Waals surface area contributed by atoms with Crippen molar-refractivity contribution in [3.63, 3.8) is 0 Å². The Morgan fingerprint density at radius 3 is 2.91 bits per heavy atom. The average molecular weight is 161 g/mol. The first kappa shape index (κ1) is 8.46. The van der Waals surface area contributed by atoms with Gasteiger partial charge in [-0.2, -0.15) is 0 Å². The Kier molecular flexibility index (Phi) is 2.82. The Morgan fingerprint density at radius 2 is 2.45 bits per heavy atom. The van der Waals surface area contributed by atoms with Gasteiger partial charge >= 0.3 is 5.97 Å². The Bertz CT molecular complexity index is 151. The molecule has 1 rings (SSSR count). The molecule has 2 atom stereocenters. The van der Waals surface area contributed by atoms with Crippen LogP contribution in [-0.2, 0) is 4.79 Å². The second kappa shape index (κ2) is 3.67. The molecular weight excluding hydrogens is 149 g/mol. The number of nitrogens with one attached hydrogen (secondary N) is 1. The van der Waals surface area contributed by atoms with Crippen molar-refractivity contribution < 1.29 is 14.3 Å². The first-order valence-electron chi connectivity index (χ1n) is 3.78. The molecule has 0 aliphatic carbocycles. The third-order valence-corrected chi connectivity index (χ3v) is 2.05.